The normalized spacial score (nSPS) is 10.0. The monoisotopic (exact) mass is 299 g/mol. The van der Waals surface area contributed by atoms with Crippen LogP contribution in [0.4, 0.5) is 4.79 Å². The Kier molecular flexibility index (Phi) is 4.59. The lowest BCUT2D eigenvalue weighted by Gasteiger charge is -2.01. The minimum Gasteiger partial charge on any atom is -0.434 e. The first-order chi connectivity index (χ1) is 9.17. The van der Waals surface area contributed by atoms with Gasteiger partial charge < -0.3 is 14.2 Å². The lowest BCUT2D eigenvalue weighted by molar-refractivity contribution is 0.105. The summed E-state index contributed by atoms with van der Waals surface area (Å²) in [4.78, 5) is 15.1. The first-order valence-electron chi connectivity index (χ1n) is 5.41. The van der Waals surface area contributed by atoms with Gasteiger partial charge in [0.15, 0.2) is 0 Å². The van der Waals surface area contributed by atoms with Crippen LogP contribution < -0.4 is 9.47 Å². The van der Waals surface area contributed by atoms with Crippen molar-refractivity contribution in [2.24, 2.45) is 0 Å². The molecule has 1 aromatic carbocycles. The number of hydrogen-bond acceptors (Lipinski definition) is 6. The molecule has 5 nitrogen and oxygen atoms in total. The Hall–Kier alpha value is -1.79. The summed E-state index contributed by atoms with van der Waals surface area (Å²) >= 11 is 6.93. The van der Waals surface area contributed by atoms with Gasteiger partial charge in [-0.25, -0.2) is 9.78 Å². The fourth-order valence-electron chi connectivity index (χ4n) is 1.20. The summed E-state index contributed by atoms with van der Waals surface area (Å²) < 4.78 is 15.0. The molecule has 0 fully saturated rings. The van der Waals surface area contributed by atoms with Gasteiger partial charge in [-0.1, -0.05) is 17.7 Å². The third-order valence-corrected chi connectivity index (χ3v) is 2.90. The maximum atomic E-state index is 11.1. The molecule has 2 aromatic rings. The number of carbonyl (C=O) groups excluding carboxylic acids is 1. The zero-order valence-corrected chi connectivity index (χ0v) is 11.5. The summed E-state index contributed by atoms with van der Waals surface area (Å²) in [5.74, 6) is 0.560. The van der Waals surface area contributed by atoms with Gasteiger partial charge in [-0.2, -0.15) is 0 Å². The molecule has 7 heteroatoms. The van der Waals surface area contributed by atoms with E-state index in [0.717, 1.165) is 11.3 Å². The van der Waals surface area contributed by atoms with Crippen molar-refractivity contribution in [3.05, 3.63) is 35.5 Å². The summed E-state index contributed by atoms with van der Waals surface area (Å²) in [5.41, 5.74) is 0. The molecule has 0 N–H and O–H groups in total. The third kappa shape index (κ3) is 4.11. The van der Waals surface area contributed by atoms with Crippen LogP contribution in [0.2, 0.25) is 5.02 Å². The van der Waals surface area contributed by atoms with Crippen molar-refractivity contribution in [3.8, 4) is 16.0 Å². The van der Waals surface area contributed by atoms with E-state index in [0.29, 0.717) is 21.0 Å². The van der Waals surface area contributed by atoms with Crippen molar-refractivity contribution < 1.29 is 19.0 Å². The van der Waals surface area contributed by atoms with Gasteiger partial charge in [-0.3, -0.25) is 0 Å². The molecule has 0 unspecified atom stereocenters. The second-order valence-corrected chi connectivity index (χ2v) is 4.68. The van der Waals surface area contributed by atoms with Crippen molar-refractivity contribution >= 4 is 29.1 Å². The minimum absolute atomic E-state index is 0.253. The number of rotatable bonds is 4. The first kappa shape index (κ1) is 13.6. The standard InChI is InChI=1S/C12H10ClNO4S/c1-2-16-12(15)18-10-7-14-11(19-10)17-9-5-3-4-8(13)6-9/h3-7H,2H2,1H3. The van der Waals surface area contributed by atoms with Crippen molar-refractivity contribution in [2.75, 3.05) is 6.61 Å². The van der Waals surface area contributed by atoms with E-state index >= 15 is 0 Å². The highest BCUT2D eigenvalue weighted by Gasteiger charge is 2.10. The maximum absolute atomic E-state index is 11.1. The van der Waals surface area contributed by atoms with E-state index in [9.17, 15) is 4.79 Å². The molecule has 0 bridgehead atoms. The summed E-state index contributed by atoms with van der Waals surface area (Å²) in [6.07, 6.45) is 0.627. The Morgan fingerprint density at radius 3 is 3.05 bits per heavy atom. The Labute approximate surface area is 118 Å². The van der Waals surface area contributed by atoms with Gasteiger partial charge in [0.1, 0.15) is 5.75 Å². The van der Waals surface area contributed by atoms with Gasteiger partial charge in [0.2, 0.25) is 5.06 Å². The van der Waals surface area contributed by atoms with Crippen LogP contribution >= 0.6 is 22.9 Å². The zero-order valence-electron chi connectivity index (χ0n) is 9.96. The lowest BCUT2D eigenvalue weighted by atomic mass is 10.3. The van der Waals surface area contributed by atoms with Crippen molar-refractivity contribution in [3.63, 3.8) is 0 Å². The molecule has 2 rings (SSSR count). The molecule has 0 aliphatic heterocycles. The smallest absolute Gasteiger partial charge is 0.434 e. The number of aromatic nitrogens is 1. The molecule has 0 spiro atoms. The van der Waals surface area contributed by atoms with Crippen molar-refractivity contribution in [2.45, 2.75) is 6.92 Å². The first-order valence-corrected chi connectivity index (χ1v) is 6.60. The van der Waals surface area contributed by atoms with E-state index < -0.39 is 6.16 Å². The molecule has 1 aromatic heterocycles. The number of nitrogens with zero attached hydrogens (tertiary/aromatic N) is 1. The zero-order chi connectivity index (χ0) is 13.7. The third-order valence-electron chi connectivity index (χ3n) is 1.91. The van der Waals surface area contributed by atoms with Gasteiger partial charge in [0.05, 0.1) is 12.8 Å². The minimum atomic E-state index is -0.763. The van der Waals surface area contributed by atoms with E-state index in [4.69, 9.17) is 21.1 Å². The van der Waals surface area contributed by atoms with Gasteiger partial charge in [0.25, 0.3) is 5.19 Å². The SMILES string of the molecule is CCOC(=O)Oc1cnc(Oc2cccc(Cl)c2)s1. The molecule has 100 valence electrons. The van der Waals surface area contributed by atoms with E-state index in [-0.39, 0.29) is 6.61 Å². The maximum Gasteiger partial charge on any atom is 0.514 e. The van der Waals surface area contributed by atoms with Gasteiger partial charge in [-0.15, -0.1) is 0 Å². The largest absolute Gasteiger partial charge is 0.514 e. The molecule has 0 saturated carbocycles. The second kappa shape index (κ2) is 6.40. The van der Waals surface area contributed by atoms with Crippen LogP contribution in [0.1, 0.15) is 6.92 Å². The lowest BCUT2D eigenvalue weighted by Crippen LogP contribution is -2.08. The number of halogens is 1. The summed E-state index contributed by atoms with van der Waals surface area (Å²) in [5, 5.41) is 1.22. The number of thiazole rings is 1. The van der Waals surface area contributed by atoms with Crippen LogP contribution in [0, 0.1) is 0 Å². The fraction of sp³-hybridized carbons (Fsp3) is 0.167. The molecule has 0 saturated heterocycles. The molecule has 0 aliphatic rings. The van der Waals surface area contributed by atoms with Crippen molar-refractivity contribution in [1.29, 1.82) is 0 Å². The predicted octanol–water partition coefficient (Wildman–Crippen LogP) is 4.12. The van der Waals surface area contributed by atoms with E-state index in [1.807, 2.05) is 0 Å². The molecular weight excluding hydrogens is 290 g/mol. The second-order valence-electron chi connectivity index (χ2n) is 3.29. The Balaban J connectivity index is 1.99. The Morgan fingerprint density at radius 2 is 2.32 bits per heavy atom. The quantitative estimate of drug-likeness (QED) is 0.795. The topological polar surface area (TPSA) is 57.7 Å². The van der Waals surface area contributed by atoms with Crippen LogP contribution in [0.5, 0.6) is 16.0 Å². The van der Waals surface area contributed by atoms with Crippen LogP contribution in [-0.2, 0) is 4.74 Å². The van der Waals surface area contributed by atoms with Gasteiger partial charge >= 0.3 is 6.16 Å². The van der Waals surface area contributed by atoms with E-state index in [1.54, 1.807) is 31.2 Å². The highest BCUT2D eigenvalue weighted by atomic mass is 35.5. The molecule has 19 heavy (non-hydrogen) atoms. The average molecular weight is 300 g/mol. The van der Waals surface area contributed by atoms with Gasteiger partial charge in [0, 0.05) is 5.02 Å². The summed E-state index contributed by atoms with van der Waals surface area (Å²) in [7, 11) is 0. The molecule has 1 heterocycles. The number of hydrogen-bond donors (Lipinski definition) is 0. The molecule has 0 radical (unpaired) electrons. The molecule has 0 amide bonds. The van der Waals surface area contributed by atoms with Crippen LogP contribution in [0.3, 0.4) is 0 Å². The van der Waals surface area contributed by atoms with Gasteiger partial charge in [-0.05, 0) is 36.5 Å². The van der Waals surface area contributed by atoms with Crippen LogP contribution in [-0.4, -0.2) is 17.7 Å². The highest BCUT2D eigenvalue weighted by molar-refractivity contribution is 7.15. The Bertz CT molecular complexity index is 572. The molecule has 0 aliphatic carbocycles. The number of benzene rings is 1. The Morgan fingerprint density at radius 1 is 1.47 bits per heavy atom. The van der Waals surface area contributed by atoms with Crippen molar-refractivity contribution in [1.82, 2.24) is 4.98 Å². The molecular formula is C12H10ClNO4S. The number of carbonyl (C=O) groups is 1. The summed E-state index contributed by atoms with van der Waals surface area (Å²) in [6.45, 7) is 1.95. The number of ether oxygens (including phenoxy) is 3. The van der Waals surface area contributed by atoms with Crippen LogP contribution in [0.25, 0.3) is 0 Å². The van der Waals surface area contributed by atoms with E-state index in [1.165, 1.54) is 6.20 Å². The molecule has 0 atom stereocenters. The summed E-state index contributed by atoms with van der Waals surface area (Å²) in [6, 6.07) is 6.92. The van der Waals surface area contributed by atoms with E-state index in [2.05, 4.69) is 9.72 Å². The predicted molar refractivity (Wildman–Crippen MR) is 71.3 cm³/mol. The van der Waals surface area contributed by atoms with Crippen LogP contribution in [0.15, 0.2) is 30.5 Å². The highest BCUT2D eigenvalue weighted by Crippen LogP contribution is 2.32. The fourth-order valence-corrected chi connectivity index (χ4v) is 2.01. The average Bonchev–Trinajstić information content (AvgIpc) is 2.76.